The van der Waals surface area contributed by atoms with Crippen LogP contribution in [0.25, 0.3) is 0 Å². The van der Waals surface area contributed by atoms with E-state index >= 15 is 0 Å². The second-order valence-electron chi connectivity index (χ2n) is 5.14. The Kier molecular flexibility index (Phi) is 5.19. The fourth-order valence-corrected chi connectivity index (χ4v) is 2.64. The van der Waals surface area contributed by atoms with Gasteiger partial charge in [0.25, 0.3) is 0 Å². The van der Waals surface area contributed by atoms with Crippen LogP contribution in [-0.2, 0) is 14.8 Å². The van der Waals surface area contributed by atoms with Crippen molar-refractivity contribution in [1.29, 1.82) is 0 Å². The molecule has 0 aromatic heterocycles. The molecule has 8 heteroatoms. The Morgan fingerprint density at radius 1 is 1.24 bits per heavy atom. The number of hydrogen-bond donors (Lipinski definition) is 2. The standard InChI is InChI=1S/C13H22N4O3S/c1-9(13(18)16(2)3)15-12-8-10(6-7-11(12)14)21(19,20)17(4)5/h6-9,15H,14H2,1-5H3. The number of nitrogens with two attached hydrogens (primary N) is 1. The molecule has 0 saturated carbocycles. The predicted octanol–water partition coefficient (Wildman–Crippen LogP) is 0.408. The summed E-state index contributed by atoms with van der Waals surface area (Å²) >= 11 is 0. The third kappa shape index (κ3) is 3.85. The Morgan fingerprint density at radius 2 is 1.81 bits per heavy atom. The van der Waals surface area contributed by atoms with Gasteiger partial charge in [0.15, 0.2) is 0 Å². The highest BCUT2D eigenvalue weighted by Gasteiger charge is 2.20. The van der Waals surface area contributed by atoms with Crippen LogP contribution < -0.4 is 11.1 Å². The van der Waals surface area contributed by atoms with E-state index in [1.165, 1.54) is 37.2 Å². The van der Waals surface area contributed by atoms with Gasteiger partial charge >= 0.3 is 0 Å². The molecule has 1 aromatic rings. The number of carbonyl (C=O) groups excluding carboxylic acids is 1. The third-order valence-corrected chi connectivity index (χ3v) is 4.80. The highest BCUT2D eigenvalue weighted by atomic mass is 32.2. The quantitative estimate of drug-likeness (QED) is 0.767. The average molecular weight is 314 g/mol. The monoisotopic (exact) mass is 314 g/mol. The Morgan fingerprint density at radius 3 is 2.29 bits per heavy atom. The van der Waals surface area contributed by atoms with Crippen molar-refractivity contribution in [2.75, 3.05) is 39.2 Å². The molecule has 118 valence electrons. The lowest BCUT2D eigenvalue weighted by Crippen LogP contribution is -2.36. The van der Waals surface area contributed by atoms with Gasteiger partial charge in [-0.25, -0.2) is 12.7 Å². The van der Waals surface area contributed by atoms with Gasteiger partial charge in [0, 0.05) is 28.2 Å². The first kappa shape index (κ1) is 17.3. The number of rotatable bonds is 5. The van der Waals surface area contributed by atoms with E-state index in [0.29, 0.717) is 11.4 Å². The summed E-state index contributed by atoms with van der Waals surface area (Å²) < 4.78 is 25.3. The molecule has 1 amide bonds. The molecule has 0 heterocycles. The van der Waals surface area contributed by atoms with E-state index in [-0.39, 0.29) is 10.8 Å². The molecule has 21 heavy (non-hydrogen) atoms. The molecular weight excluding hydrogens is 292 g/mol. The number of likely N-dealkylation sites (N-methyl/N-ethyl adjacent to an activating group) is 1. The van der Waals surface area contributed by atoms with Crippen LogP contribution in [0.3, 0.4) is 0 Å². The smallest absolute Gasteiger partial charge is 0.244 e. The fourth-order valence-electron chi connectivity index (χ4n) is 1.71. The van der Waals surface area contributed by atoms with E-state index in [0.717, 1.165) is 4.31 Å². The lowest BCUT2D eigenvalue weighted by molar-refractivity contribution is -0.129. The molecule has 0 aliphatic heterocycles. The highest BCUT2D eigenvalue weighted by molar-refractivity contribution is 7.89. The minimum absolute atomic E-state index is 0.119. The van der Waals surface area contributed by atoms with Crippen LogP contribution >= 0.6 is 0 Å². The second-order valence-corrected chi connectivity index (χ2v) is 7.29. The van der Waals surface area contributed by atoms with Gasteiger partial charge in [-0.1, -0.05) is 0 Å². The Labute approximate surface area is 125 Å². The summed E-state index contributed by atoms with van der Waals surface area (Å²) in [7, 11) is 2.66. The summed E-state index contributed by atoms with van der Waals surface area (Å²) in [5.41, 5.74) is 6.64. The highest BCUT2D eigenvalue weighted by Crippen LogP contribution is 2.25. The summed E-state index contributed by atoms with van der Waals surface area (Å²) in [6.07, 6.45) is 0. The second kappa shape index (κ2) is 6.31. The van der Waals surface area contributed by atoms with Gasteiger partial charge < -0.3 is 16.0 Å². The zero-order chi connectivity index (χ0) is 16.4. The maximum atomic E-state index is 12.1. The molecule has 3 N–H and O–H groups in total. The van der Waals surface area contributed by atoms with E-state index in [2.05, 4.69) is 5.32 Å². The van der Waals surface area contributed by atoms with E-state index in [1.54, 1.807) is 21.0 Å². The minimum Gasteiger partial charge on any atom is -0.397 e. The number of benzene rings is 1. The van der Waals surface area contributed by atoms with Crippen molar-refractivity contribution in [1.82, 2.24) is 9.21 Å². The molecule has 0 spiro atoms. The van der Waals surface area contributed by atoms with Crippen LogP contribution in [0, 0.1) is 0 Å². The van der Waals surface area contributed by atoms with Crippen LogP contribution in [0.5, 0.6) is 0 Å². The van der Waals surface area contributed by atoms with Gasteiger partial charge in [0.1, 0.15) is 6.04 Å². The molecule has 1 aromatic carbocycles. The van der Waals surface area contributed by atoms with Gasteiger partial charge in [0.05, 0.1) is 16.3 Å². The van der Waals surface area contributed by atoms with Crippen molar-refractivity contribution in [2.24, 2.45) is 0 Å². The molecule has 0 aliphatic carbocycles. The maximum absolute atomic E-state index is 12.1. The van der Waals surface area contributed by atoms with E-state index < -0.39 is 16.1 Å². The molecule has 1 rings (SSSR count). The van der Waals surface area contributed by atoms with Crippen molar-refractivity contribution >= 4 is 27.3 Å². The van der Waals surface area contributed by atoms with E-state index in [4.69, 9.17) is 5.73 Å². The van der Waals surface area contributed by atoms with E-state index in [1.807, 2.05) is 0 Å². The lowest BCUT2D eigenvalue weighted by Gasteiger charge is -2.20. The molecule has 0 bridgehead atoms. The number of nitrogen functional groups attached to an aromatic ring is 1. The first-order chi connectivity index (χ1) is 9.57. The topological polar surface area (TPSA) is 95.7 Å². The SMILES string of the molecule is CC(Nc1cc(S(=O)(=O)N(C)C)ccc1N)C(=O)N(C)C. The summed E-state index contributed by atoms with van der Waals surface area (Å²) in [5.74, 6) is -0.129. The largest absolute Gasteiger partial charge is 0.397 e. The summed E-state index contributed by atoms with van der Waals surface area (Å²) in [4.78, 5) is 13.4. The minimum atomic E-state index is -3.55. The predicted molar refractivity (Wildman–Crippen MR) is 83.5 cm³/mol. The number of carbonyl (C=O) groups is 1. The summed E-state index contributed by atoms with van der Waals surface area (Å²) in [6.45, 7) is 1.69. The summed E-state index contributed by atoms with van der Waals surface area (Å²) in [6, 6.07) is 3.86. The van der Waals surface area contributed by atoms with Gasteiger partial charge in [-0.15, -0.1) is 0 Å². The van der Waals surface area contributed by atoms with Crippen molar-refractivity contribution < 1.29 is 13.2 Å². The van der Waals surface area contributed by atoms with Crippen molar-refractivity contribution in [2.45, 2.75) is 17.9 Å². The Bertz CT molecular complexity index is 626. The number of anilines is 2. The normalized spacial score (nSPS) is 13.0. The molecule has 1 unspecified atom stereocenters. The molecule has 1 atom stereocenters. The van der Waals surface area contributed by atoms with Crippen LogP contribution in [0.15, 0.2) is 23.1 Å². The number of hydrogen-bond acceptors (Lipinski definition) is 5. The van der Waals surface area contributed by atoms with Gasteiger partial charge in [0.2, 0.25) is 15.9 Å². The zero-order valence-electron chi connectivity index (χ0n) is 12.9. The van der Waals surface area contributed by atoms with Gasteiger partial charge in [-0.2, -0.15) is 0 Å². The molecule has 0 fully saturated rings. The van der Waals surface area contributed by atoms with Crippen LogP contribution in [-0.4, -0.2) is 57.8 Å². The maximum Gasteiger partial charge on any atom is 0.244 e. The summed E-state index contributed by atoms with van der Waals surface area (Å²) in [5, 5.41) is 2.94. The first-order valence-electron chi connectivity index (χ1n) is 6.37. The van der Waals surface area contributed by atoms with Crippen molar-refractivity contribution in [3.05, 3.63) is 18.2 Å². The molecule has 7 nitrogen and oxygen atoms in total. The van der Waals surface area contributed by atoms with Crippen LogP contribution in [0.2, 0.25) is 0 Å². The average Bonchev–Trinajstić information content (AvgIpc) is 2.39. The van der Waals surface area contributed by atoms with Crippen LogP contribution in [0.1, 0.15) is 6.92 Å². The molecule has 0 aliphatic rings. The molecular formula is C13H22N4O3S. The Balaban J connectivity index is 3.13. The lowest BCUT2D eigenvalue weighted by atomic mass is 10.2. The number of amides is 1. The van der Waals surface area contributed by atoms with Crippen molar-refractivity contribution in [3.63, 3.8) is 0 Å². The van der Waals surface area contributed by atoms with Gasteiger partial charge in [-0.05, 0) is 25.1 Å². The Hall–Kier alpha value is -1.80. The first-order valence-corrected chi connectivity index (χ1v) is 7.81. The number of nitrogens with zero attached hydrogens (tertiary/aromatic N) is 2. The van der Waals surface area contributed by atoms with Gasteiger partial charge in [-0.3, -0.25) is 4.79 Å². The molecule has 0 radical (unpaired) electrons. The van der Waals surface area contributed by atoms with Crippen molar-refractivity contribution in [3.8, 4) is 0 Å². The number of nitrogens with one attached hydrogen (secondary N) is 1. The fraction of sp³-hybridized carbons (Fsp3) is 0.462. The number of sulfonamides is 1. The van der Waals surface area contributed by atoms with Crippen LogP contribution in [0.4, 0.5) is 11.4 Å². The third-order valence-electron chi connectivity index (χ3n) is 2.99. The molecule has 0 saturated heterocycles. The zero-order valence-corrected chi connectivity index (χ0v) is 13.7. The van der Waals surface area contributed by atoms with E-state index in [9.17, 15) is 13.2 Å².